The third-order valence-corrected chi connectivity index (χ3v) is 11.1. The molecule has 1 aliphatic rings. The lowest BCUT2D eigenvalue weighted by molar-refractivity contribution is 0.543. The Bertz CT molecular complexity index is 678. The molecule has 20 heavy (non-hydrogen) atoms. The molecule has 2 nitrogen and oxygen atoms in total. The molecule has 1 heterocycles. The minimum atomic E-state index is -2.65. The van der Waals surface area contributed by atoms with Gasteiger partial charge in [-0.1, -0.05) is 56.0 Å². The van der Waals surface area contributed by atoms with E-state index in [-0.39, 0.29) is 0 Å². The molecule has 3 rings (SSSR count). The van der Waals surface area contributed by atoms with Crippen LogP contribution in [0.15, 0.2) is 54.6 Å². The molecule has 0 saturated carbocycles. The minimum absolute atomic E-state index is 0.818. The average Bonchev–Trinajstić information content (AvgIpc) is 2.75. The highest BCUT2D eigenvalue weighted by Gasteiger charge is 2.47. The van der Waals surface area contributed by atoms with E-state index in [1.165, 1.54) is 5.56 Å². The van der Waals surface area contributed by atoms with Gasteiger partial charge in [0.25, 0.3) is 0 Å². The van der Waals surface area contributed by atoms with E-state index in [0.717, 1.165) is 17.2 Å². The van der Waals surface area contributed by atoms with Gasteiger partial charge in [0.05, 0.1) is 0 Å². The van der Waals surface area contributed by atoms with Crippen molar-refractivity contribution in [3.05, 3.63) is 60.2 Å². The Morgan fingerprint density at radius 2 is 1.55 bits per heavy atom. The highest BCUT2D eigenvalue weighted by atomic mass is 31.2. The molecular formula is C16H20NOPSi. The Labute approximate surface area is 122 Å². The van der Waals surface area contributed by atoms with Gasteiger partial charge in [-0.3, -0.25) is 8.90 Å². The summed E-state index contributed by atoms with van der Waals surface area (Å²) < 4.78 is 16.3. The van der Waals surface area contributed by atoms with Crippen LogP contribution in [-0.2, 0) is 11.1 Å². The van der Waals surface area contributed by atoms with Gasteiger partial charge < -0.3 is 0 Å². The molecule has 0 spiro atoms. The smallest absolute Gasteiger partial charge is 0.201 e. The van der Waals surface area contributed by atoms with Crippen LogP contribution >= 0.6 is 7.29 Å². The van der Waals surface area contributed by atoms with Crippen molar-refractivity contribution in [2.45, 2.75) is 26.2 Å². The Morgan fingerprint density at radius 1 is 0.950 bits per heavy atom. The molecule has 0 amide bonds. The highest BCUT2D eigenvalue weighted by Crippen LogP contribution is 2.55. The summed E-state index contributed by atoms with van der Waals surface area (Å²) in [5.41, 5.74) is 1.22. The summed E-state index contributed by atoms with van der Waals surface area (Å²) in [5, 5.41) is 2.00. The van der Waals surface area contributed by atoms with Gasteiger partial charge in [0.1, 0.15) is 8.24 Å². The summed E-state index contributed by atoms with van der Waals surface area (Å²) in [4.78, 5) is 0. The van der Waals surface area contributed by atoms with Gasteiger partial charge in [-0.15, -0.1) is 0 Å². The molecule has 1 atom stereocenters. The van der Waals surface area contributed by atoms with Crippen molar-refractivity contribution in [3.8, 4) is 0 Å². The summed E-state index contributed by atoms with van der Waals surface area (Å²) in [6.45, 7) is 7.63. The zero-order valence-electron chi connectivity index (χ0n) is 12.2. The minimum Gasteiger partial charge on any atom is -0.297 e. The number of hydrogen-bond acceptors (Lipinski definition) is 1. The predicted molar refractivity (Wildman–Crippen MR) is 88.6 cm³/mol. The van der Waals surface area contributed by atoms with Crippen LogP contribution in [0.1, 0.15) is 5.56 Å². The monoisotopic (exact) mass is 301 g/mol. The SMILES string of the molecule is C[Si](C)(C)N1Cc2ccccc2P1(=O)c1ccccc1. The Hall–Kier alpha value is -1.15. The van der Waals surface area contributed by atoms with Crippen LogP contribution in [0, 0.1) is 0 Å². The maximum absolute atomic E-state index is 14.0. The van der Waals surface area contributed by atoms with E-state index in [2.05, 4.69) is 30.0 Å². The summed E-state index contributed by atoms with van der Waals surface area (Å²) in [6.07, 6.45) is 0. The number of nitrogens with zero attached hydrogens (tertiary/aromatic N) is 1. The first-order chi connectivity index (χ1) is 9.44. The van der Waals surface area contributed by atoms with Crippen LogP contribution in [0.3, 0.4) is 0 Å². The Balaban J connectivity index is 2.26. The zero-order valence-corrected chi connectivity index (χ0v) is 14.1. The first-order valence-electron chi connectivity index (χ1n) is 6.96. The van der Waals surface area contributed by atoms with Crippen LogP contribution in [0.2, 0.25) is 19.6 Å². The van der Waals surface area contributed by atoms with E-state index in [0.29, 0.717) is 0 Å². The second kappa shape index (κ2) is 4.69. The molecule has 0 bridgehead atoms. The van der Waals surface area contributed by atoms with E-state index in [9.17, 15) is 4.57 Å². The lowest BCUT2D eigenvalue weighted by atomic mass is 10.2. The molecule has 0 radical (unpaired) electrons. The second-order valence-corrected chi connectivity index (χ2v) is 14.2. The van der Waals surface area contributed by atoms with Crippen molar-refractivity contribution in [2.24, 2.45) is 0 Å². The quantitative estimate of drug-likeness (QED) is 0.624. The van der Waals surface area contributed by atoms with E-state index in [1.54, 1.807) is 0 Å². The Kier molecular flexibility index (Phi) is 3.24. The molecule has 2 aromatic carbocycles. The summed E-state index contributed by atoms with van der Waals surface area (Å²) in [7, 11) is -4.32. The van der Waals surface area contributed by atoms with Gasteiger partial charge in [-0.25, -0.2) is 0 Å². The molecule has 0 fully saturated rings. The van der Waals surface area contributed by atoms with Crippen molar-refractivity contribution < 1.29 is 4.57 Å². The number of hydrogen-bond donors (Lipinski definition) is 0. The fraction of sp³-hybridized carbons (Fsp3) is 0.250. The third kappa shape index (κ3) is 2.01. The number of benzene rings is 2. The maximum Gasteiger partial charge on any atom is 0.201 e. The second-order valence-electron chi connectivity index (χ2n) is 6.27. The van der Waals surface area contributed by atoms with E-state index in [1.807, 2.05) is 48.5 Å². The van der Waals surface area contributed by atoms with Crippen LogP contribution < -0.4 is 10.6 Å². The average molecular weight is 301 g/mol. The standard InChI is InChI=1S/C16H20NOPSi/c1-20(2,3)17-13-14-9-7-8-12-16(14)19(17,18)15-10-5-4-6-11-15/h4-12H,13H2,1-3H3. The van der Waals surface area contributed by atoms with Gasteiger partial charge in [-0.05, 0) is 23.8 Å². The summed E-state index contributed by atoms with van der Waals surface area (Å²) in [6, 6.07) is 18.2. The van der Waals surface area contributed by atoms with Gasteiger partial charge in [0.15, 0.2) is 0 Å². The summed E-state index contributed by atoms with van der Waals surface area (Å²) in [5.74, 6) is 0. The van der Waals surface area contributed by atoms with Gasteiger partial charge in [-0.2, -0.15) is 0 Å². The predicted octanol–water partition coefficient (Wildman–Crippen LogP) is 3.57. The first-order valence-corrected chi connectivity index (χ1v) is 12.1. The summed E-state index contributed by atoms with van der Waals surface area (Å²) >= 11 is 0. The fourth-order valence-corrected chi connectivity index (χ4v) is 10.2. The lowest BCUT2D eigenvalue weighted by Gasteiger charge is -2.35. The lowest BCUT2D eigenvalue weighted by Crippen LogP contribution is -2.43. The zero-order chi connectivity index (χ0) is 14.4. The topological polar surface area (TPSA) is 20.3 Å². The van der Waals surface area contributed by atoms with Crippen LogP contribution in [0.4, 0.5) is 0 Å². The largest absolute Gasteiger partial charge is 0.297 e. The molecule has 1 aliphatic heterocycles. The molecule has 104 valence electrons. The molecule has 0 saturated heterocycles. The van der Waals surface area contributed by atoms with Gasteiger partial charge >= 0.3 is 0 Å². The third-order valence-electron chi connectivity index (χ3n) is 3.86. The molecule has 0 aliphatic carbocycles. The molecule has 4 heteroatoms. The highest BCUT2D eigenvalue weighted by molar-refractivity contribution is 7.78. The van der Waals surface area contributed by atoms with E-state index < -0.39 is 15.5 Å². The fourth-order valence-electron chi connectivity index (χ4n) is 2.90. The number of fused-ring (bicyclic) bond motifs is 1. The molecule has 0 N–H and O–H groups in total. The van der Waals surface area contributed by atoms with Crippen LogP contribution in [-0.4, -0.2) is 12.6 Å². The molecule has 1 unspecified atom stereocenters. The molecule has 2 aromatic rings. The normalized spacial score (nSPS) is 22.8. The maximum atomic E-state index is 14.0. The van der Waals surface area contributed by atoms with Crippen molar-refractivity contribution in [2.75, 3.05) is 0 Å². The van der Waals surface area contributed by atoms with E-state index in [4.69, 9.17) is 0 Å². The molecular weight excluding hydrogens is 281 g/mol. The van der Waals surface area contributed by atoms with Gasteiger partial charge in [0.2, 0.25) is 7.29 Å². The number of rotatable bonds is 2. The van der Waals surface area contributed by atoms with Crippen molar-refractivity contribution in [1.82, 2.24) is 4.34 Å². The van der Waals surface area contributed by atoms with Crippen molar-refractivity contribution >= 4 is 26.1 Å². The van der Waals surface area contributed by atoms with E-state index >= 15 is 0 Å². The van der Waals surface area contributed by atoms with Gasteiger partial charge in [0, 0.05) is 17.2 Å². The van der Waals surface area contributed by atoms with Crippen molar-refractivity contribution in [3.63, 3.8) is 0 Å². The van der Waals surface area contributed by atoms with Crippen molar-refractivity contribution in [1.29, 1.82) is 0 Å². The first kappa shape index (κ1) is 13.8. The van der Waals surface area contributed by atoms with Crippen LogP contribution in [0.25, 0.3) is 0 Å². The van der Waals surface area contributed by atoms with Crippen LogP contribution in [0.5, 0.6) is 0 Å². The molecule has 0 aromatic heterocycles. The Morgan fingerprint density at radius 3 is 2.20 bits per heavy atom.